The molecule has 1 aromatic rings. The van der Waals surface area contributed by atoms with E-state index in [1.807, 2.05) is 56.3 Å². The molecular weight excluding hydrogens is 885 g/mol. The fourth-order valence-corrected chi connectivity index (χ4v) is 10.5. The van der Waals surface area contributed by atoms with Crippen molar-refractivity contribution in [2.75, 3.05) is 34.5 Å². The Balaban J connectivity index is 1.45. The lowest BCUT2D eigenvalue weighted by Gasteiger charge is -2.47. The number of hydrogen-bond acceptors (Lipinski definition) is 12. The molecule has 15 unspecified atom stereocenters. The predicted molar refractivity (Wildman–Crippen MR) is 253 cm³/mol. The Morgan fingerprint density at radius 3 is 2.27 bits per heavy atom. The van der Waals surface area contributed by atoms with E-state index in [0.717, 1.165) is 16.9 Å². The van der Waals surface area contributed by atoms with Gasteiger partial charge in [0.05, 0.1) is 37.1 Å². The number of esters is 1. The molecule has 15 atom stereocenters. The van der Waals surface area contributed by atoms with Gasteiger partial charge in [0, 0.05) is 57.1 Å². The quantitative estimate of drug-likeness (QED) is 0.133. The molecular formula is C52H75ClFNO12. The Morgan fingerprint density at radius 2 is 1.61 bits per heavy atom. The number of benzene rings is 1. The van der Waals surface area contributed by atoms with Crippen LogP contribution >= 0.6 is 11.6 Å². The molecule has 0 radical (unpaired) electrons. The summed E-state index contributed by atoms with van der Waals surface area (Å²) in [5, 5.41) is 24.6. The van der Waals surface area contributed by atoms with Gasteiger partial charge in [0.1, 0.15) is 30.2 Å². The van der Waals surface area contributed by atoms with Gasteiger partial charge in [-0.05, 0) is 112 Å². The third-order valence-corrected chi connectivity index (χ3v) is 14.9. The predicted octanol–water partition coefficient (Wildman–Crippen LogP) is 7.81. The summed E-state index contributed by atoms with van der Waals surface area (Å²) in [6.07, 6.45) is 4.34. The smallest absolute Gasteiger partial charge is 0.329 e. The molecule has 3 aliphatic heterocycles. The van der Waals surface area contributed by atoms with Gasteiger partial charge in [-0.2, -0.15) is 0 Å². The summed E-state index contributed by atoms with van der Waals surface area (Å²) in [6.45, 7) is 10.7. The van der Waals surface area contributed by atoms with Gasteiger partial charge in [-0.15, -0.1) is 0 Å². The number of nitrogens with zero attached hydrogens (tertiary/aromatic N) is 1. The normalized spacial score (nSPS) is 37.9. The average molecular weight is 961 g/mol. The van der Waals surface area contributed by atoms with Crippen LogP contribution in [0.15, 0.2) is 53.6 Å². The lowest BCUT2D eigenvalue weighted by atomic mass is 9.81. The monoisotopic (exact) mass is 959 g/mol. The molecule has 13 nitrogen and oxygen atoms in total. The Labute approximate surface area is 401 Å². The first-order valence-corrected chi connectivity index (χ1v) is 24.5. The van der Waals surface area contributed by atoms with Crippen molar-refractivity contribution in [1.82, 2.24) is 4.90 Å². The van der Waals surface area contributed by atoms with Crippen molar-refractivity contribution in [3.8, 4) is 0 Å². The SMILES string of the molecule is CCC1/C=C(\C)C(F)C(C)CC(OC)C2OC(O)(C(=O)C(=O)N3CCCCC3C(=O)OC(C(C)=CC3CCC(OCC=Cc4ccc(Cl)cc4)C(OC)C3)C(C)C(O)CC1=O)C(C)CC2OC. The number of carbonyl (C=O) groups is 4. The number of cyclic esters (lactones) is 1. The largest absolute Gasteiger partial charge is 0.456 e. The molecule has 1 amide bonds. The van der Waals surface area contributed by atoms with Gasteiger partial charge in [0.15, 0.2) is 0 Å². The standard InChI is InChI=1S/C52H75ClFNO12/c1-10-37-25-30(2)46(54)31(3)26-44(63-8)48-45(64-9)27-33(5)52(61,67-48)49(58)50(59)55-22-12-11-15-39(55)51(60)66-47(34(6)40(56)29-41(37)57)32(4)24-36-18-21-42(43(28-36)62-7)65-23-13-14-35-16-19-38(53)20-17-35/h13-14,16-17,19-20,24-25,31,33-34,36-37,39-40,42-48,56,61H,10-12,15,18,21-23,26-29H2,1-9H3/b14-13?,30-25+,32-24?. The summed E-state index contributed by atoms with van der Waals surface area (Å²) in [7, 11) is 4.54. The number of amides is 1. The zero-order chi connectivity index (χ0) is 49.2. The fourth-order valence-electron chi connectivity index (χ4n) is 10.4. The van der Waals surface area contributed by atoms with Crippen molar-refractivity contribution in [2.45, 2.75) is 166 Å². The van der Waals surface area contributed by atoms with Gasteiger partial charge in [-0.1, -0.05) is 75.7 Å². The first-order chi connectivity index (χ1) is 31.9. The topological polar surface area (TPSA) is 167 Å². The van der Waals surface area contributed by atoms with Crippen LogP contribution in [0.25, 0.3) is 6.08 Å². The highest BCUT2D eigenvalue weighted by molar-refractivity contribution is 6.39. The lowest BCUT2D eigenvalue weighted by Crippen LogP contribution is -2.64. The summed E-state index contributed by atoms with van der Waals surface area (Å²) in [5.74, 6) is -9.09. The summed E-state index contributed by atoms with van der Waals surface area (Å²) < 4.78 is 52.6. The number of ketones is 2. The average Bonchev–Trinajstić information content (AvgIpc) is 3.32. The van der Waals surface area contributed by atoms with E-state index in [0.29, 0.717) is 54.9 Å². The van der Waals surface area contributed by atoms with Crippen LogP contribution in [0.4, 0.5) is 4.39 Å². The van der Waals surface area contributed by atoms with Crippen LogP contribution in [0.3, 0.4) is 0 Å². The molecule has 2 saturated heterocycles. The maximum atomic E-state index is 16.3. The van der Waals surface area contributed by atoms with Crippen molar-refractivity contribution in [1.29, 1.82) is 0 Å². The molecule has 67 heavy (non-hydrogen) atoms. The van der Waals surface area contributed by atoms with Crippen LogP contribution in [0.5, 0.6) is 0 Å². The number of fused-ring (bicyclic) bond motifs is 3. The molecule has 3 heterocycles. The molecule has 374 valence electrons. The lowest BCUT2D eigenvalue weighted by molar-refractivity contribution is -0.302. The van der Waals surface area contributed by atoms with Gasteiger partial charge in [0.2, 0.25) is 5.79 Å². The van der Waals surface area contributed by atoms with Crippen molar-refractivity contribution in [3.05, 3.63) is 64.2 Å². The first-order valence-electron chi connectivity index (χ1n) is 24.2. The number of rotatable bonds is 10. The Bertz CT molecular complexity index is 1930. The third-order valence-electron chi connectivity index (χ3n) is 14.7. The highest BCUT2D eigenvalue weighted by atomic mass is 35.5. The van der Waals surface area contributed by atoms with Crippen molar-refractivity contribution < 1.29 is 62.2 Å². The van der Waals surface area contributed by atoms with Crippen LogP contribution < -0.4 is 0 Å². The van der Waals surface area contributed by atoms with Crippen LogP contribution in [0, 0.1) is 29.6 Å². The highest BCUT2D eigenvalue weighted by Gasteiger charge is 2.57. The number of halogens is 2. The number of hydrogen-bond donors (Lipinski definition) is 2. The van der Waals surface area contributed by atoms with Crippen molar-refractivity contribution in [2.24, 2.45) is 29.6 Å². The summed E-state index contributed by atoms with van der Waals surface area (Å²) in [6, 6.07) is 6.34. The van der Waals surface area contributed by atoms with Gasteiger partial charge in [-0.25, -0.2) is 9.18 Å². The van der Waals surface area contributed by atoms with Gasteiger partial charge < -0.3 is 43.5 Å². The van der Waals surface area contributed by atoms with E-state index in [2.05, 4.69) is 0 Å². The molecule has 1 aliphatic carbocycles. The van der Waals surface area contributed by atoms with E-state index in [1.54, 1.807) is 40.9 Å². The van der Waals surface area contributed by atoms with Crippen molar-refractivity contribution in [3.63, 3.8) is 0 Å². The first kappa shape index (κ1) is 54.6. The van der Waals surface area contributed by atoms with E-state index in [-0.39, 0.29) is 56.1 Å². The van der Waals surface area contributed by atoms with E-state index in [4.69, 9.17) is 40.0 Å². The molecule has 0 aromatic heterocycles. The highest BCUT2D eigenvalue weighted by Crippen LogP contribution is 2.40. The van der Waals surface area contributed by atoms with E-state index < -0.39 is 89.9 Å². The van der Waals surface area contributed by atoms with Crippen molar-refractivity contribution >= 4 is 41.1 Å². The maximum Gasteiger partial charge on any atom is 0.329 e. The number of piperidine rings is 1. The minimum Gasteiger partial charge on any atom is -0.456 e. The van der Waals surface area contributed by atoms with Crippen LogP contribution in [-0.4, -0.2) is 134 Å². The Kier molecular flexibility index (Phi) is 20.4. The van der Waals surface area contributed by atoms with Gasteiger partial charge >= 0.3 is 5.97 Å². The zero-order valence-corrected chi connectivity index (χ0v) is 41.6. The number of allylic oxidation sites excluding steroid dienone is 3. The van der Waals surface area contributed by atoms with Gasteiger partial charge in [0.25, 0.3) is 11.7 Å². The molecule has 5 rings (SSSR count). The second kappa shape index (κ2) is 25.0. The summed E-state index contributed by atoms with van der Waals surface area (Å²) >= 11 is 6.02. The maximum absolute atomic E-state index is 16.3. The Morgan fingerprint density at radius 1 is 0.940 bits per heavy atom. The molecule has 1 aromatic carbocycles. The number of Topliss-reactive ketones (excluding diaryl/α,β-unsaturated/α-hetero) is 2. The number of aliphatic hydroxyl groups is 2. The number of ether oxygens (including phenoxy) is 6. The van der Waals surface area contributed by atoms with E-state index >= 15 is 4.39 Å². The minimum atomic E-state index is -2.61. The molecule has 3 fully saturated rings. The van der Waals surface area contributed by atoms with Crippen LogP contribution in [0.1, 0.15) is 111 Å². The number of aliphatic hydroxyl groups excluding tert-OH is 1. The molecule has 2 bridgehead atoms. The van der Waals surface area contributed by atoms with Crippen LogP contribution in [-0.2, 0) is 47.6 Å². The Hall–Kier alpha value is -3.34. The molecule has 0 spiro atoms. The summed E-state index contributed by atoms with van der Waals surface area (Å²) in [4.78, 5) is 58.3. The minimum absolute atomic E-state index is 0.0132. The second-order valence-corrected chi connectivity index (χ2v) is 19.8. The number of alkyl halides is 1. The zero-order valence-electron chi connectivity index (χ0n) is 40.9. The molecule has 15 heteroatoms. The van der Waals surface area contributed by atoms with E-state index in [9.17, 15) is 29.4 Å². The molecule has 4 aliphatic rings. The van der Waals surface area contributed by atoms with Gasteiger partial charge in [-0.3, -0.25) is 14.4 Å². The fraction of sp³-hybridized carbons (Fsp3) is 0.692. The van der Waals surface area contributed by atoms with Crippen LogP contribution in [0.2, 0.25) is 5.02 Å². The number of methoxy groups -OCH3 is 3. The molecule has 2 N–H and O–H groups in total. The molecule has 1 saturated carbocycles. The van der Waals surface area contributed by atoms with E-state index in [1.165, 1.54) is 14.2 Å². The summed E-state index contributed by atoms with van der Waals surface area (Å²) in [5.41, 5.74) is 1.98. The third kappa shape index (κ3) is 13.5. The second-order valence-electron chi connectivity index (χ2n) is 19.4. The number of carbonyl (C=O) groups excluding carboxylic acids is 4.